The molecule has 3 N–H and O–H groups in total. The summed E-state index contributed by atoms with van der Waals surface area (Å²) in [6.45, 7) is 6.63. The van der Waals surface area contributed by atoms with Crippen molar-refractivity contribution in [3.8, 4) is 0 Å². The lowest BCUT2D eigenvalue weighted by molar-refractivity contribution is 0.114. The van der Waals surface area contributed by atoms with Crippen molar-refractivity contribution in [2.75, 3.05) is 6.54 Å². The average molecular weight is 256 g/mol. The Kier molecular flexibility index (Phi) is 6.47. The minimum absolute atomic E-state index is 0.142. The van der Waals surface area contributed by atoms with Crippen molar-refractivity contribution in [1.29, 1.82) is 0 Å². The summed E-state index contributed by atoms with van der Waals surface area (Å²) in [5.74, 6) is 1.01. The van der Waals surface area contributed by atoms with E-state index in [-0.39, 0.29) is 11.9 Å². The normalized spacial score (nSPS) is 27.3. The smallest absolute Gasteiger partial charge is 0.315 e. The molecule has 2 amide bonds. The first-order valence-electron chi connectivity index (χ1n) is 7.25. The Morgan fingerprint density at radius 2 is 1.94 bits per heavy atom. The van der Waals surface area contributed by atoms with E-state index in [9.17, 15) is 9.90 Å². The van der Waals surface area contributed by atoms with Gasteiger partial charge >= 0.3 is 6.03 Å². The molecule has 0 aromatic heterocycles. The van der Waals surface area contributed by atoms with E-state index in [4.69, 9.17) is 0 Å². The van der Waals surface area contributed by atoms with Crippen molar-refractivity contribution in [2.45, 2.75) is 65.0 Å². The van der Waals surface area contributed by atoms with Crippen LogP contribution in [0.1, 0.15) is 52.9 Å². The lowest BCUT2D eigenvalue weighted by atomic mass is 9.87. The van der Waals surface area contributed by atoms with Gasteiger partial charge in [0.15, 0.2) is 0 Å². The molecule has 1 aliphatic carbocycles. The van der Waals surface area contributed by atoms with Crippen LogP contribution in [-0.2, 0) is 0 Å². The van der Waals surface area contributed by atoms with E-state index in [1.165, 1.54) is 12.8 Å². The van der Waals surface area contributed by atoms with Crippen LogP contribution in [-0.4, -0.2) is 29.8 Å². The van der Waals surface area contributed by atoms with E-state index in [0.717, 1.165) is 25.2 Å². The summed E-state index contributed by atoms with van der Waals surface area (Å²) in [5, 5.41) is 15.5. The highest BCUT2D eigenvalue weighted by molar-refractivity contribution is 5.74. The Balaban J connectivity index is 2.17. The number of carbonyl (C=O) groups excluding carboxylic acids is 1. The van der Waals surface area contributed by atoms with Gasteiger partial charge in [0.05, 0.1) is 6.10 Å². The number of hydrogen-bond acceptors (Lipinski definition) is 2. The molecule has 0 aliphatic heterocycles. The van der Waals surface area contributed by atoms with Crippen molar-refractivity contribution < 1.29 is 9.90 Å². The molecule has 0 radical (unpaired) electrons. The Labute approximate surface area is 111 Å². The van der Waals surface area contributed by atoms with Gasteiger partial charge < -0.3 is 15.7 Å². The molecule has 2 unspecified atom stereocenters. The van der Waals surface area contributed by atoms with Crippen molar-refractivity contribution >= 4 is 6.03 Å². The Bertz CT molecular complexity index is 250. The molecule has 0 aromatic carbocycles. The lowest BCUT2D eigenvalue weighted by Crippen LogP contribution is -2.46. The highest BCUT2D eigenvalue weighted by Gasteiger charge is 2.20. The first-order valence-corrected chi connectivity index (χ1v) is 7.25. The van der Waals surface area contributed by atoms with Crippen LogP contribution in [0.25, 0.3) is 0 Å². The second-order valence-corrected chi connectivity index (χ2v) is 5.76. The molecule has 2 atom stereocenters. The largest absolute Gasteiger partial charge is 0.391 e. The lowest BCUT2D eigenvalue weighted by Gasteiger charge is -2.27. The number of amides is 2. The summed E-state index contributed by atoms with van der Waals surface area (Å²) < 4.78 is 0. The van der Waals surface area contributed by atoms with Crippen LogP contribution in [0.2, 0.25) is 0 Å². The third-order valence-electron chi connectivity index (χ3n) is 4.12. The predicted molar refractivity (Wildman–Crippen MR) is 73.4 cm³/mol. The van der Waals surface area contributed by atoms with Crippen LogP contribution < -0.4 is 10.6 Å². The second-order valence-electron chi connectivity index (χ2n) is 5.76. The number of aliphatic hydroxyl groups is 1. The van der Waals surface area contributed by atoms with Crippen molar-refractivity contribution in [3.05, 3.63) is 0 Å². The molecule has 1 fully saturated rings. The first kappa shape index (κ1) is 15.3. The summed E-state index contributed by atoms with van der Waals surface area (Å²) in [6, 6.07) is 0.166. The number of aliphatic hydroxyl groups excluding tert-OH is 1. The highest BCUT2D eigenvalue weighted by atomic mass is 16.3. The van der Waals surface area contributed by atoms with Gasteiger partial charge in [0, 0.05) is 12.6 Å². The molecule has 1 saturated carbocycles. The Morgan fingerprint density at radius 3 is 2.50 bits per heavy atom. The van der Waals surface area contributed by atoms with Crippen LogP contribution in [0.3, 0.4) is 0 Å². The summed E-state index contributed by atoms with van der Waals surface area (Å²) in [7, 11) is 0. The van der Waals surface area contributed by atoms with Gasteiger partial charge in [0.2, 0.25) is 0 Å². The zero-order chi connectivity index (χ0) is 13.5. The van der Waals surface area contributed by atoms with Crippen molar-refractivity contribution in [3.63, 3.8) is 0 Å². The number of nitrogens with one attached hydrogen (secondary N) is 2. The molecular weight excluding hydrogens is 228 g/mol. The van der Waals surface area contributed by atoms with Gasteiger partial charge in [-0.2, -0.15) is 0 Å². The number of carbonyl (C=O) groups is 1. The zero-order valence-corrected chi connectivity index (χ0v) is 11.9. The molecule has 106 valence electrons. The molecule has 0 spiro atoms. The molecule has 4 heteroatoms. The van der Waals surface area contributed by atoms with Crippen molar-refractivity contribution in [1.82, 2.24) is 10.6 Å². The fraction of sp³-hybridized carbons (Fsp3) is 0.929. The fourth-order valence-corrected chi connectivity index (χ4v) is 2.31. The number of rotatable bonds is 5. The molecule has 1 aliphatic rings. The topological polar surface area (TPSA) is 61.4 Å². The molecule has 0 bridgehead atoms. The van der Waals surface area contributed by atoms with Crippen LogP contribution >= 0.6 is 0 Å². The standard InChI is InChI=1S/C14H28N2O2/c1-4-11(3)13(17)9-15-14(18)16-12-7-5-10(2)6-8-12/h10-13,17H,4-9H2,1-3H3,(H2,15,16,18). The Morgan fingerprint density at radius 1 is 1.33 bits per heavy atom. The van der Waals surface area contributed by atoms with Crippen LogP contribution in [0.15, 0.2) is 0 Å². The van der Waals surface area contributed by atoms with Gasteiger partial charge in [0.1, 0.15) is 0 Å². The fourth-order valence-electron chi connectivity index (χ4n) is 2.31. The van der Waals surface area contributed by atoms with E-state index >= 15 is 0 Å². The summed E-state index contributed by atoms with van der Waals surface area (Å²) >= 11 is 0. The SMILES string of the molecule is CCC(C)C(O)CNC(=O)NC1CCC(C)CC1. The van der Waals surface area contributed by atoms with E-state index < -0.39 is 6.10 Å². The van der Waals surface area contributed by atoms with E-state index in [1.807, 2.05) is 13.8 Å². The van der Waals surface area contributed by atoms with Gasteiger partial charge in [-0.3, -0.25) is 0 Å². The maximum absolute atomic E-state index is 11.7. The molecule has 1 rings (SSSR count). The highest BCUT2D eigenvalue weighted by Crippen LogP contribution is 2.23. The predicted octanol–water partition coefficient (Wildman–Crippen LogP) is 2.27. The minimum Gasteiger partial charge on any atom is -0.391 e. The van der Waals surface area contributed by atoms with E-state index in [0.29, 0.717) is 12.6 Å². The van der Waals surface area contributed by atoms with Crippen molar-refractivity contribution in [2.24, 2.45) is 11.8 Å². The quantitative estimate of drug-likeness (QED) is 0.706. The molecule has 0 heterocycles. The second kappa shape index (κ2) is 7.62. The molecule has 4 nitrogen and oxygen atoms in total. The maximum atomic E-state index is 11.7. The molecular formula is C14H28N2O2. The number of urea groups is 1. The Hall–Kier alpha value is -0.770. The molecule has 0 saturated heterocycles. The van der Waals surface area contributed by atoms with E-state index in [1.54, 1.807) is 0 Å². The van der Waals surface area contributed by atoms with Gasteiger partial charge in [-0.05, 0) is 37.5 Å². The zero-order valence-electron chi connectivity index (χ0n) is 11.9. The maximum Gasteiger partial charge on any atom is 0.315 e. The minimum atomic E-state index is -0.452. The summed E-state index contributed by atoms with van der Waals surface area (Å²) in [6.07, 6.45) is 5.00. The summed E-state index contributed by atoms with van der Waals surface area (Å²) in [5.41, 5.74) is 0. The molecule has 18 heavy (non-hydrogen) atoms. The third kappa shape index (κ3) is 5.25. The monoisotopic (exact) mass is 256 g/mol. The average Bonchev–Trinajstić information content (AvgIpc) is 2.37. The molecule has 0 aromatic rings. The van der Waals surface area contributed by atoms with E-state index in [2.05, 4.69) is 17.6 Å². The van der Waals surface area contributed by atoms with Crippen LogP contribution in [0.4, 0.5) is 4.79 Å². The number of hydrogen-bond donors (Lipinski definition) is 3. The third-order valence-corrected chi connectivity index (χ3v) is 4.12. The van der Waals surface area contributed by atoms with Gasteiger partial charge in [-0.1, -0.05) is 27.2 Å². The van der Waals surface area contributed by atoms with Crippen LogP contribution in [0, 0.1) is 11.8 Å². The van der Waals surface area contributed by atoms with Gasteiger partial charge in [-0.25, -0.2) is 4.79 Å². The summed E-state index contributed by atoms with van der Waals surface area (Å²) in [4.78, 5) is 11.7. The van der Waals surface area contributed by atoms with Gasteiger partial charge in [0.25, 0.3) is 0 Å². The first-order chi connectivity index (χ1) is 8.52. The van der Waals surface area contributed by atoms with Gasteiger partial charge in [-0.15, -0.1) is 0 Å². The van der Waals surface area contributed by atoms with Crippen LogP contribution in [0.5, 0.6) is 0 Å².